The van der Waals surface area contributed by atoms with E-state index in [4.69, 9.17) is 9.47 Å². The molecule has 174 valence electrons. The lowest BCUT2D eigenvalue weighted by Crippen LogP contribution is -2.44. The first-order chi connectivity index (χ1) is 15.5. The average molecular weight is 440 g/mol. The van der Waals surface area contributed by atoms with Crippen molar-refractivity contribution < 1.29 is 19.1 Å². The Labute approximate surface area is 191 Å². The highest BCUT2D eigenvalue weighted by atomic mass is 16.5. The average Bonchev–Trinajstić information content (AvgIpc) is 3.08. The maximum Gasteiger partial charge on any atom is 0.222 e. The van der Waals surface area contributed by atoms with Gasteiger partial charge in [-0.05, 0) is 85.5 Å². The van der Waals surface area contributed by atoms with E-state index >= 15 is 0 Å². The fourth-order valence-electron chi connectivity index (χ4n) is 7.50. The molecule has 4 aliphatic rings. The highest BCUT2D eigenvalue weighted by Crippen LogP contribution is 2.62. The molecule has 5 rings (SSSR count). The number of hydrogen-bond donors (Lipinski definition) is 0. The minimum Gasteiger partial charge on any atom is -0.497 e. The van der Waals surface area contributed by atoms with E-state index in [9.17, 15) is 9.59 Å². The monoisotopic (exact) mass is 439 g/mol. The Balaban J connectivity index is 1.29. The van der Waals surface area contributed by atoms with Crippen LogP contribution in [0.25, 0.3) is 0 Å². The number of nitrogens with zero attached hydrogens (tertiary/aromatic N) is 1. The number of Topliss-reactive ketones (excluding diaryl/α,β-unsaturated/α-hetero) is 1. The number of morpholine rings is 1. The molecule has 0 spiro atoms. The van der Waals surface area contributed by atoms with Crippen LogP contribution in [0.2, 0.25) is 0 Å². The Morgan fingerprint density at radius 1 is 1.25 bits per heavy atom. The van der Waals surface area contributed by atoms with E-state index < -0.39 is 0 Å². The van der Waals surface area contributed by atoms with E-state index in [0.717, 1.165) is 50.9 Å². The maximum absolute atomic E-state index is 13.2. The van der Waals surface area contributed by atoms with Crippen LogP contribution in [0, 0.1) is 23.2 Å². The molecule has 0 aromatic heterocycles. The van der Waals surface area contributed by atoms with Crippen molar-refractivity contribution in [2.75, 3.05) is 33.4 Å². The summed E-state index contributed by atoms with van der Waals surface area (Å²) in [6, 6.07) is 6.60. The molecule has 5 nitrogen and oxygen atoms in total. The zero-order valence-corrected chi connectivity index (χ0v) is 19.6. The van der Waals surface area contributed by atoms with E-state index in [1.807, 2.05) is 4.90 Å². The fourth-order valence-corrected chi connectivity index (χ4v) is 7.50. The highest BCUT2D eigenvalue weighted by molar-refractivity contribution is 5.87. The molecule has 0 radical (unpaired) electrons. The first-order valence-electron chi connectivity index (χ1n) is 12.6. The van der Waals surface area contributed by atoms with Gasteiger partial charge in [-0.15, -0.1) is 0 Å². The zero-order valence-electron chi connectivity index (χ0n) is 19.6. The molecule has 3 aliphatic carbocycles. The summed E-state index contributed by atoms with van der Waals surface area (Å²) in [6.07, 6.45) is 7.58. The molecule has 3 fully saturated rings. The van der Waals surface area contributed by atoms with Gasteiger partial charge in [0, 0.05) is 31.3 Å². The molecule has 2 saturated carbocycles. The van der Waals surface area contributed by atoms with Crippen molar-refractivity contribution in [3.05, 3.63) is 29.3 Å². The van der Waals surface area contributed by atoms with Crippen LogP contribution < -0.4 is 4.74 Å². The van der Waals surface area contributed by atoms with Crippen LogP contribution in [-0.2, 0) is 20.7 Å². The van der Waals surface area contributed by atoms with Crippen LogP contribution in [-0.4, -0.2) is 50.0 Å². The van der Waals surface area contributed by atoms with Gasteiger partial charge in [0.25, 0.3) is 0 Å². The number of ketones is 1. The second kappa shape index (κ2) is 8.81. The van der Waals surface area contributed by atoms with E-state index in [0.29, 0.717) is 55.5 Å². The summed E-state index contributed by atoms with van der Waals surface area (Å²) in [5.41, 5.74) is 2.76. The summed E-state index contributed by atoms with van der Waals surface area (Å²) in [6.45, 7) is 4.99. The summed E-state index contributed by atoms with van der Waals surface area (Å²) >= 11 is 0. The van der Waals surface area contributed by atoms with Gasteiger partial charge in [-0.3, -0.25) is 9.59 Å². The lowest BCUT2D eigenvalue weighted by atomic mass is 9.54. The number of hydrogen-bond acceptors (Lipinski definition) is 4. The largest absolute Gasteiger partial charge is 0.497 e. The van der Waals surface area contributed by atoms with Crippen molar-refractivity contribution >= 4 is 11.7 Å². The summed E-state index contributed by atoms with van der Waals surface area (Å²) < 4.78 is 10.8. The number of ether oxygens (including phenoxy) is 2. The molecule has 1 aromatic carbocycles. The van der Waals surface area contributed by atoms with Crippen molar-refractivity contribution in [3.63, 3.8) is 0 Å². The summed E-state index contributed by atoms with van der Waals surface area (Å²) in [5, 5.41) is 0. The van der Waals surface area contributed by atoms with Crippen molar-refractivity contribution in [2.24, 2.45) is 23.2 Å². The Morgan fingerprint density at radius 2 is 2.06 bits per heavy atom. The van der Waals surface area contributed by atoms with Gasteiger partial charge in [0.2, 0.25) is 5.91 Å². The number of benzene rings is 1. The maximum atomic E-state index is 13.2. The van der Waals surface area contributed by atoms with Gasteiger partial charge in [0.15, 0.2) is 0 Å². The van der Waals surface area contributed by atoms with Crippen LogP contribution in [0.5, 0.6) is 5.75 Å². The molecule has 1 aliphatic heterocycles. The third kappa shape index (κ3) is 3.76. The lowest BCUT2D eigenvalue weighted by molar-refractivity contribution is -0.135. The Bertz CT molecular complexity index is 876. The van der Waals surface area contributed by atoms with Gasteiger partial charge in [-0.2, -0.15) is 0 Å². The van der Waals surface area contributed by atoms with Gasteiger partial charge in [-0.1, -0.05) is 13.0 Å². The van der Waals surface area contributed by atoms with Crippen LogP contribution in [0.15, 0.2) is 18.2 Å². The molecule has 0 bridgehead atoms. The summed E-state index contributed by atoms with van der Waals surface area (Å²) in [7, 11) is 1.73. The SMILES string of the molecule is COc1ccc2c(c1)CC[C@H]1[C@@H]3[C@@H](CCCC(=O)N4CCOCC4)CC(=O)[C@@]3(C)CC[C@H]21. The van der Waals surface area contributed by atoms with Crippen molar-refractivity contribution in [1.29, 1.82) is 0 Å². The predicted octanol–water partition coefficient (Wildman–Crippen LogP) is 4.38. The van der Waals surface area contributed by atoms with Gasteiger partial charge in [-0.25, -0.2) is 0 Å². The van der Waals surface area contributed by atoms with E-state index in [-0.39, 0.29) is 11.3 Å². The number of carbonyl (C=O) groups excluding carboxylic acids is 2. The second-order valence-corrected chi connectivity index (χ2v) is 10.6. The minimum atomic E-state index is -0.163. The van der Waals surface area contributed by atoms with Crippen LogP contribution in [0.4, 0.5) is 0 Å². The molecule has 1 aromatic rings. The van der Waals surface area contributed by atoms with E-state index in [2.05, 4.69) is 25.1 Å². The second-order valence-electron chi connectivity index (χ2n) is 10.6. The third-order valence-electron chi connectivity index (χ3n) is 9.11. The number of fused-ring (bicyclic) bond motifs is 5. The van der Waals surface area contributed by atoms with Crippen LogP contribution in [0.3, 0.4) is 0 Å². The summed E-state index contributed by atoms with van der Waals surface area (Å²) in [4.78, 5) is 27.7. The van der Waals surface area contributed by atoms with Crippen molar-refractivity contribution in [1.82, 2.24) is 4.90 Å². The number of amides is 1. The topological polar surface area (TPSA) is 55.8 Å². The van der Waals surface area contributed by atoms with Gasteiger partial charge in [0.05, 0.1) is 20.3 Å². The standard InChI is InChI=1S/C27H37NO4/c1-27-11-10-22-21-9-7-20(31-2)16-18(21)6-8-23(22)26(27)19(17-24(27)29)4-3-5-25(30)28-12-14-32-15-13-28/h7,9,16,19,22-23,26H,3-6,8,10-15,17H2,1-2H3/t19-,22+,23+,26-,27+/m0/s1. The molecule has 1 saturated heterocycles. The van der Waals surface area contributed by atoms with Crippen molar-refractivity contribution in [3.8, 4) is 5.75 Å². The third-order valence-corrected chi connectivity index (χ3v) is 9.11. The predicted molar refractivity (Wildman–Crippen MR) is 123 cm³/mol. The molecule has 5 atom stereocenters. The quantitative estimate of drug-likeness (QED) is 0.683. The highest BCUT2D eigenvalue weighted by Gasteiger charge is 2.58. The molecule has 0 unspecified atom stereocenters. The first kappa shape index (κ1) is 21.9. The molecule has 1 amide bonds. The van der Waals surface area contributed by atoms with Gasteiger partial charge >= 0.3 is 0 Å². The first-order valence-corrected chi connectivity index (χ1v) is 12.6. The molecule has 0 N–H and O–H groups in total. The summed E-state index contributed by atoms with van der Waals surface area (Å²) in [5.74, 6) is 3.71. The Hall–Kier alpha value is -1.88. The fraction of sp³-hybridized carbons (Fsp3) is 0.704. The molecule has 5 heteroatoms. The smallest absolute Gasteiger partial charge is 0.222 e. The van der Waals surface area contributed by atoms with Gasteiger partial charge < -0.3 is 14.4 Å². The normalized spacial score (nSPS) is 33.9. The number of rotatable bonds is 5. The number of carbonyl (C=O) groups is 2. The van der Waals surface area contributed by atoms with Gasteiger partial charge in [0.1, 0.15) is 11.5 Å². The molecular formula is C27H37NO4. The van der Waals surface area contributed by atoms with Crippen LogP contribution >= 0.6 is 0 Å². The zero-order chi connectivity index (χ0) is 22.3. The molecule has 32 heavy (non-hydrogen) atoms. The minimum absolute atomic E-state index is 0.163. The van der Waals surface area contributed by atoms with E-state index in [1.54, 1.807) is 7.11 Å². The van der Waals surface area contributed by atoms with E-state index in [1.165, 1.54) is 17.5 Å². The van der Waals surface area contributed by atoms with Crippen LogP contribution in [0.1, 0.15) is 68.9 Å². The molecule has 1 heterocycles. The lowest BCUT2D eigenvalue weighted by Gasteiger charge is -2.50. The Morgan fingerprint density at radius 3 is 2.84 bits per heavy atom. The molecular weight excluding hydrogens is 402 g/mol. The number of aryl methyl sites for hydroxylation is 1. The Kier molecular flexibility index (Phi) is 6.04. The number of methoxy groups -OCH3 is 1. The van der Waals surface area contributed by atoms with Crippen molar-refractivity contribution in [2.45, 2.75) is 64.2 Å².